The minimum absolute atomic E-state index is 0.0134. The molecule has 0 saturated heterocycles. The van der Waals surface area contributed by atoms with Crippen LogP contribution in [0.15, 0.2) is 224 Å². The van der Waals surface area contributed by atoms with E-state index in [2.05, 4.69) is 0 Å². The van der Waals surface area contributed by atoms with E-state index in [1.165, 1.54) is 0 Å². The van der Waals surface area contributed by atoms with Gasteiger partial charge in [0.1, 0.15) is 0 Å². The molecule has 5 nitrogen and oxygen atoms in total. The quantitative estimate of drug-likeness (QED) is 0.128. The normalized spacial score (nSPS) is 13.9. The molecule has 0 N–H and O–H groups in total. The Balaban J connectivity index is 1.37. The summed E-state index contributed by atoms with van der Waals surface area (Å²) in [6.07, 6.45) is 0. The van der Waals surface area contributed by atoms with Crippen LogP contribution in [0.5, 0.6) is 0 Å². The van der Waals surface area contributed by atoms with Gasteiger partial charge in [0.25, 0.3) is 0 Å². The zero-order valence-electron chi connectivity index (χ0n) is 41.5. The fourth-order valence-electron chi connectivity index (χ4n) is 10.00. The molecule has 9 aromatic carbocycles. The summed E-state index contributed by atoms with van der Waals surface area (Å²) in [5, 5.41) is 7.96. The maximum atomic E-state index is 10.2. The molecule has 13 rings (SSSR count). The minimum Gasteiger partial charge on any atom is -0.277 e. The molecule has 0 spiro atoms. The Hall–Kier alpha value is -8.19. The Morgan fingerprint density at radius 1 is 0.349 bits per heavy atom. The molecule has 0 aliphatic carbocycles. The Kier molecular flexibility index (Phi) is 6.27. The second kappa shape index (κ2) is 13.9. The van der Waals surface area contributed by atoms with Crippen molar-refractivity contribution >= 4 is 106 Å². The van der Waals surface area contributed by atoms with Gasteiger partial charge in [-0.15, -0.1) is 0 Å². The fourth-order valence-corrected chi connectivity index (χ4v) is 14.7. The first-order chi connectivity index (χ1) is 34.6. The summed E-state index contributed by atoms with van der Waals surface area (Å²) < 4.78 is 80.4. The molecule has 4 aromatic heterocycles. The van der Waals surface area contributed by atoms with Gasteiger partial charge in [-0.2, -0.15) is 15.0 Å². The van der Waals surface area contributed by atoms with E-state index in [1.54, 1.807) is 0 Å². The summed E-state index contributed by atoms with van der Waals surface area (Å²) in [7, 11) is -3.78. The fraction of sp³-hybridized carbons (Fsp3) is 0. The van der Waals surface area contributed by atoms with Crippen LogP contribution in [-0.4, -0.2) is 31.8 Å². The van der Waals surface area contributed by atoms with E-state index >= 15 is 0 Å². The average molecular weight is 828 g/mol. The maximum absolute atomic E-state index is 10.2. The lowest BCUT2D eigenvalue weighted by Crippen LogP contribution is -2.75. The molecule has 13 aromatic rings. The number of rotatable bonds is 5. The van der Waals surface area contributed by atoms with E-state index < -0.39 is 14.1 Å². The Labute approximate surface area is 374 Å². The van der Waals surface area contributed by atoms with E-state index in [0.29, 0.717) is 48.8 Å². The van der Waals surface area contributed by atoms with Crippen molar-refractivity contribution in [2.24, 2.45) is 0 Å². The molecule has 0 aliphatic heterocycles. The second-order valence-electron chi connectivity index (χ2n) is 15.7. The predicted molar refractivity (Wildman–Crippen MR) is 265 cm³/mol. The lowest BCUT2D eigenvalue weighted by Gasteiger charge is -2.35. The van der Waals surface area contributed by atoms with Gasteiger partial charge in [0.05, 0.1) is 33.0 Å². The van der Waals surface area contributed by atoms with Crippen molar-refractivity contribution in [3.63, 3.8) is 0 Å². The van der Waals surface area contributed by atoms with E-state index in [0.717, 1.165) is 37.1 Å². The highest BCUT2D eigenvalue weighted by atomic mass is 28.3. The van der Waals surface area contributed by atoms with Gasteiger partial charge in [-0.05, 0) is 43.7 Å². The van der Waals surface area contributed by atoms with Crippen LogP contribution in [0.25, 0.3) is 88.1 Å². The van der Waals surface area contributed by atoms with Crippen molar-refractivity contribution in [2.45, 2.75) is 0 Å². The molecular formula is C57H37N5Si. The molecule has 0 fully saturated rings. The molecule has 0 unspecified atom stereocenters. The number of para-hydroxylation sites is 4. The van der Waals surface area contributed by atoms with Crippen molar-refractivity contribution in [1.29, 1.82) is 0 Å². The van der Waals surface area contributed by atoms with E-state index in [-0.39, 0.29) is 65.2 Å². The van der Waals surface area contributed by atoms with Crippen molar-refractivity contribution < 1.29 is 11.0 Å². The molecule has 0 saturated carbocycles. The highest BCUT2D eigenvalue weighted by Crippen LogP contribution is 2.38. The maximum Gasteiger partial charge on any atom is 0.240 e. The van der Waals surface area contributed by atoms with Gasteiger partial charge in [0.15, 0.2) is 13.9 Å². The summed E-state index contributed by atoms with van der Waals surface area (Å²) in [5.74, 6) is 0.293. The lowest BCUT2D eigenvalue weighted by atomic mass is 10.0. The highest BCUT2D eigenvalue weighted by molar-refractivity contribution is 7.20. The topological polar surface area (TPSA) is 47.5 Å². The Bertz CT molecular complexity index is 4170. The third kappa shape index (κ3) is 5.13. The van der Waals surface area contributed by atoms with Crippen molar-refractivity contribution in [1.82, 2.24) is 23.8 Å². The van der Waals surface area contributed by atoms with Crippen molar-refractivity contribution in [3.05, 3.63) is 224 Å². The number of aromatic nitrogens is 5. The first kappa shape index (κ1) is 28.4. The van der Waals surface area contributed by atoms with Crippen LogP contribution < -0.4 is 20.7 Å². The number of hydrogen-bond donors (Lipinski definition) is 0. The molecule has 0 amide bonds. The van der Waals surface area contributed by atoms with Crippen LogP contribution in [0.3, 0.4) is 0 Å². The SMILES string of the molecule is [2H]c1c([2H])c([2H])c([Si](c2ccccc2)(c2ccccc2)c2ccccc2)c(-c2nc3nc(n2)n2c4ccccc4c4cccc(c5c([2H])c([2H])c([2H])c([2H])c5c5cccc6c7ccccc7n3c65)c42)c1[2H]. The van der Waals surface area contributed by atoms with Crippen LogP contribution >= 0.6 is 0 Å². The zero-order valence-corrected chi connectivity index (χ0v) is 34.5. The molecule has 294 valence electrons. The standard InChI is InChI=1S/C57H37N5Si/c1-4-20-38(21-5-1)63(39-22-6-2-7-23-39,40-24-8-3-9-25-40)52-37-17-14-30-49(52)55-58-56-60-57(59-55)62-51-36-16-13-29-44(51)48-34-19-32-46(54(48)62)42-27-11-10-26-41(42)45-31-18-33-47-43-28-12-15-35-50(43)61(56)53(45)47/h1-37H/i10D,11D,14D,17D,26D,27D,30D,37D. The van der Waals surface area contributed by atoms with Gasteiger partial charge in [-0.1, -0.05) is 212 Å². The summed E-state index contributed by atoms with van der Waals surface area (Å²) in [6.45, 7) is 0. The van der Waals surface area contributed by atoms with Gasteiger partial charge in [0, 0.05) is 37.9 Å². The third-order valence-corrected chi connectivity index (χ3v) is 17.3. The molecule has 0 atom stereocenters. The largest absolute Gasteiger partial charge is 0.277 e. The lowest BCUT2D eigenvalue weighted by molar-refractivity contribution is 1.06. The van der Waals surface area contributed by atoms with Crippen molar-refractivity contribution in [3.8, 4) is 11.4 Å². The first-order valence-corrected chi connectivity index (χ1v) is 22.8. The van der Waals surface area contributed by atoms with Gasteiger partial charge in [-0.3, -0.25) is 8.80 Å². The number of hydrogen-bond acceptors (Lipinski definition) is 3. The van der Waals surface area contributed by atoms with Crippen LogP contribution in [0.2, 0.25) is 0 Å². The van der Waals surface area contributed by atoms with Gasteiger partial charge < -0.3 is 0 Å². The molecule has 63 heavy (non-hydrogen) atoms. The highest BCUT2D eigenvalue weighted by Gasteiger charge is 2.43. The first-order valence-electron chi connectivity index (χ1n) is 24.8. The number of benzene rings is 9. The third-order valence-electron chi connectivity index (χ3n) is 12.5. The van der Waals surface area contributed by atoms with Gasteiger partial charge >= 0.3 is 0 Å². The Morgan fingerprint density at radius 3 is 1.21 bits per heavy atom. The van der Waals surface area contributed by atoms with Crippen LogP contribution in [0.4, 0.5) is 0 Å². The number of fused-ring (bicyclic) bond motifs is 13. The average Bonchev–Trinajstić information content (AvgIpc) is 3.94. The molecular weight excluding hydrogens is 783 g/mol. The smallest absolute Gasteiger partial charge is 0.240 e. The van der Waals surface area contributed by atoms with Crippen LogP contribution in [-0.2, 0) is 0 Å². The zero-order chi connectivity index (χ0) is 48.4. The minimum atomic E-state index is -3.78. The second-order valence-corrected chi connectivity index (χ2v) is 19.4. The molecule has 0 radical (unpaired) electrons. The molecule has 4 heterocycles. The van der Waals surface area contributed by atoms with Crippen LogP contribution in [0.1, 0.15) is 11.0 Å². The summed E-state index contributed by atoms with van der Waals surface area (Å²) >= 11 is 0. The summed E-state index contributed by atoms with van der Waals surface area (Å²) in [6, 6.07) is 54.5. The monoisotopic (exact) mass is 827 g/mol. The van der Waals surface area contributed by atoms with Crippen LogP contribution in [0, 0.1) is 0 Å². The predicted octanol–water partition coefficient (Wildman–Crippen LogP) is 10.9. The summed E-state index contributed by atoms with van der Waals surface area (Å²) in [5.41, 5.74) is 2.71. The van der Waals surface area contributed by atoms with E-state index in [1.807, 2.05) is 185 Å². The van der Waals surface area contributed by atoms with E-state index in [9.17, 15) is 8.22 Å². The van der Waals surface area contributed by atoms with E-state index in [4.69, 9.17) is 17.7 Å². The van der Waals surface area contributed by atoms with Gasteiger partial charge in [-0.25, -0.2) is 0 Å². The van der Waals surface area contributed by atoms with Crippen molar-refractivity contribution in [2.75, 3.05) is 0 Å². The molecule has 0 aliphatic rings. The number of nitrogens with zero attached hydrogens (tertiary/aromatic N) is 5. The molecule has 2 bridgehead atoms. The molecule has 6 heteroatoms. The summed E-state index contributed by atoms with van der Waals surface area (Å²) in [4.78, 5) is 16.2. The van der Waals surface area contributed by atoms with Gasteiger partial charge in [0.2, 0.25) is 11.6 Å². The Morgan fingerprint density at radius 2 is 0.730 bits per heavy atom.